The largest absolute Gasteiger partial charge is 0.472 e. The molecule has 1 fully saturated rings. The summed E-state index contributed by atoms with van der Waals surface area (Å²) in [5.74, 6) is -1.23. The molecule has 0 spiro atoms. The third-order valence-electron chi connectivity index (χ3n) is 11.6. The molecule has 66 heavy (non-hydrogen) atoms. The van der Waals surface area contributed by atoms with Crippen LogP contribution in [0.4, 0.5) is 0 Å². The third-order valence-corrected chi connectivity index (χ3v) is 12.6. The molecule has 0 aromatic heterocycles. The van der Waals surface area contributed by atoms with Crippen LogP contribution in [0.2, 0.25) is 0 Å². The summed E-state index contributed by atoms with van der Waals surface area (Å²) in [6.45, 7) is 3.09. The first-order valence-electron chi connectivity index (χ1n) is 25.1. The maximum atomic E-state index is 12.8. The van der Waals surface area contributed by atoms with E-state index in [-0.39, 0.29) is 12.8 Å². The van der Waals surface area contributed by atoms with Gasteiger partial charge in [-0.25, -0.2) is 4.57 Å². The summed E-state index contributed by atoms with van der Waals surface area (Å²) in [5.41, 5.74) is 0. The van der Waals surface area contributed by atoms with Crippen LogP contribution in [0.5, 0.6) is 0 Å². The number of allylic oxidation sites excluding steroid dienone is 7. The Morgan fingerprint density at radius 3 is 1.55 bits per heavy atom. The number of phosphoric acid groups is 1. The van der Waals surface area contributed by atoms with Crippen molar-refractivity contribution in [3.63, 3.8) is 0 Å². The van der Waals surface area contributed by atoms with Crippen LogP contribution in [0.25, 0.3) is 0 Å². The number of hydrogen-bond donors (Lipinski definition) is 8. The van der Waals surface area contributed by atoms with Crippen molar-refractivity contribution in [1.29, 1.82) is 0 Å². The molecule has 0 heterocycles. The Hall–Kier alpha value is -2.27. The van der Waals surface area contributed by atoms with Crippen molar-refractivity contribution in [2.24, 2.45) is 0 Å². The number of rotatable bonds is 41. The van der Waals surface area contributed by atoms with E-state index < -0.39 is 87.9 Å². The van der Waals surface area contributed by atoms with Gasteiger partial charge < -0.3 is 50.1 Å². The zero-order valence-electron chi connectivity index (χ0n) is 40.2. The Bertz CT molecular complexity index is 1370. The number of aliphatic hydroxyl groups is 7. The molecule has 384 valence electrons. The summed E-state index contributed by atoms with van der Waals surface area (Å²) in [6.07, 6.45) is 25.9. The maximum absolute atomic E-state index is 12.8. The molecule has 3 unspecified atom stereocenters. The highest BCUT2D eigenvalue weighted by Gasteiger charge is 2.51. The molecule has 10 atom stereocenters. The Balaban J connectivity index is 2.48. The summed E-state index contributed by atoms with van der Waals surface area (Å²) in [6, 6.07) is 0. The molecular weight excluding hydrogens is 872 g/mol. The van der Waals surface area contributed by atoms with Gasteiger partial charge in [0.15, 0.2) is 6.10 Å². The van der Waals surface area contributed by atoms with Crippen molar-refractivity contribution < 1.29 is 73.3 Å². The monoisotopic (exact) mass is 961 g/mol. The second-order valence-corrected chi connectivity index (χ2v) is 19.0. The predicted molar refractivity (Wildman–Crippen MR) is 256 cm³/mol. The first-order chi connectivity index (χ1) is 31.7. The van der Waals surface area contributed by atoms with Gasteiger partial charge in [-0.1, -0.05) is 146 Å². The fourth-order valence-electron chi connectivity index (χ4n) is 7.38. The van der Waals surface area contributed by atoms with E-state index in [1.807, 2.05) is 12.2 Å². The van der Waals surface area contributed by atoms with Crippen molar-refractivity contribution in [2.75, 3.05) is 13.2 Å². The van der Waals surface area contributed by atoms with Crippen LogP contribution in [-0.2, 0) is 32.7 Å². The Morgan fingerprint density at radius 2 is 0.970 bits per heavy atom. The van der Waals surface area contributed by atoms with Gasteiger partial charge in [0, 0.05) is 12.8 Å². The number of carbonyl (C=O) groups excluding carboxylic acids is 2. The highest BCUT2D eigenvalue weighted by Crippen LogP contribution is 2.47. The van der Waals surface area contributed by atoms with Crippen molar-refractivity contribution >= 4 is 19.8 Å². The predicted octanol–water partition coefficient (Wildman–Crippen LogP) is 8.28. The summed E-state index contributed by atoms with van der Waals surface area (Å²) >= 11 is 0. The molecule has 15 nitrogen and oxygen atoms in total. The number of unbranched alkanes of at least 4 members (excludes halogenated alkanes) is 17. The lowest BCUT2D eigenvalue weighted by Crippen LogP contribution is -2.64. The van der Waals surface area contributed by atoms with Crippen LogP contribution in [0.15, 0.2) is 48.6 Å². The molecule has 0 saturated heterocycles. The van der Waals surface area contributed by atoms with E-state index in [0.29, 0.717) is 32.1 Å². The lowest BCUT2D eigenvalue weighted by molar-refractivity contribution is -0.220. The Kier molecular flexibility index (Phi) is 37.0. The lowest BCUT2D eigenvalue weighted by Gasteiger charge is -2.41. The van der Waals surface area contributed by atoms with E-state index in [4.69, 9.17) is 18.5 Å². The number of ether oxygens (including phenoxy) is 2. The lowest BCUT2D eigenvalue weighted by atomic mass is 9.85. The molecule has 0 amide bonds. The van der Waals surface area contributed by atoms with Gasteiger partial charge >= 0.3 is 19.8 Å². The van der Waals surface area contributed by atoms with Crippen LogP contribution in [-0.4, -0.2) is 121 Å². The molecule has 1 saturated carbocycles. The van der Waals surface area contributed by atoms with E-state index >= 15 is 0 Å². The van der Waals surface area contributed by atoms with Gasteiger partial charge in [0.05, 0.1) is 18.8 Å². The van der Waals surface area contributed by atoms with Crippen LogP contribution in [0.1, 0.15) is 187 Å². The molecule has 1 aliphatic carbocycles. The fraction of sp³-hybridized carbons (Fsp3) is 0.800. The maximum Gasteiger partial charge on any atom is 0.472 e. The van der Waals surface area contributed by atoms with Crippen LogP contribution >= 0.6 is 7.82 Å². The Labute approximate surface area is 396 Å². The van der Waals surface area contributed by atoms with Crippen LogP contribution < -0.4 is 0 Å². The second-order valence-electron chi connectivity index (χ2n) is 17.6. The summed E-state index contributed by atoms with van der Waals surface area (Å²) in [7, 11) is -5.16. The molecule has 0 aliphatic heterocycles. The number of phosphoric ester groups is 1. The van der Waals surface area contributed by atoms with Gasteiger partial charge in [0.2, 0.25) is 0 Å². The van der Waals surface area contributed by atoms with E-state index in [0.717, 1.165) is 96.3 Å². The first-order valence-corrected chi connectivity index (χ1v) is 26.6. The first kappa shape index (κ1) is 61.7. The minimum absolute atomic E-state index is 0.0491. The summed E-state index contributed by atoms with van der Waals surface area (Å²) in [4.78, 5) is 35.8. The van der Waals surface area contributed by atoms with E-state index in [2.05, 4.69) is 50.3 Å². The normalized spacial score (nSPS) is 22.6. The minimum atomic E-state index is -5.16. The van der Waals surface area contributed by atoms with E-state index in [1.165, 1.54) is 32.1 Å². The fourth-order valence-corrected chi connectivity index (χ4v) is 8.35. The highest BCUT2D eigenvalue weighted by molar-refractivity contribution is 7.47. The van der Waals surface area contributed by atoms with Crippen LogP contribution in [0.3, 0.4) is 0 Å². The smallest absolute Gasteiger partial charge is 0.462 e. The van der Waals surface area contributed by atoms with Crippen molar-refractivity contribution in [3.05, 3.63) is 48.6 Å². The zero-order valence-corrected chi connectivity index (χ0v) is 41.1. The summed E-state index contributed by atoms with van der Waals surface area (Å²) in [5, 5.41) is 70.7. The van der Waals surface area contributed by atoms with Crippen molar-refractivity contribution in [2.45, 2.75) is 242 Å². The zero-order chi connectivity index (χ0) is 48.8. The van der Waals surface area contributed by atoms with E-state index in [1.54, 1.807) is 0 Å². The third kappa shape index (κ3) is 31.0. The standard InChI is InChI=1S/C50H89O15P/c1-3-5-7-9-11-12-13-14-15-16-17-18-19-20-21-22-23-24-28-33-37-44(54)64-40(39-63-66(60,61)65-50-48(58)46(56)45(55)47(57)49(50)59)38-62-43(53)36-32-29-25-27-31-35-42(52)41(51)34-30-26-10-8-6-4-2/h12-13,15-16,18-19,26,30,40-42,45-52,55-59H,3-11,14,17,20-25,27-29,31-39H2,1-2H3,(H,60,61)/b13-12-,16-15-,19-18-,30-26-/t40-,41-,42-,45?,46-,47+,48-,49-,50?/m1/s1. The van der Waals surface area contributed by atoms with Gasteiger partial charge in [-0.15, -0.1) is 0 Å². The van der Waals surface area contributed by atoms with Crippen molar-refractivity contribution in [1.82, 2.24) is 0 Å². The highest BCUT2D eigenvalue weighted by atomic mass is 31.2. The molecule has 1 rings (SSSR count). The van der Waals surface area contributed by atoms with E-state index in [9.17, 15) is 54.8 Å². The van der Waals surface area contributed by atoms with Gasteiger partial charge in [-0.3, -0.25) is 18.6 Å². The molecule has 1 aliphatic rings. The van der Waals surface area contributed by atoms with Gasteiger partial charge in [-0.2, -0.15) is 0 Å². The molecule has 0 aromatic rings. The van der Waals surface area contributed by atoms with Crippen molar-refractivity contribution in [3.8, 4) is 0 Å². The number of carbonyl (C=O) groups is 2. The molecule has 16 heteroatoms. The average molecular weight is 961 g/mol. The number of hydrogen-bond acceptors (Lipinski definition) is 14. The van der Waals surface area contributed by atoms with Crippen LogP contribution in [0, 0.1) is 0 Å². The SMILES string of the molecule is CCCCC/C=C\C[C@@H](O)[C@H](O)CCCCCCCC(=O)OC[C@H](COP(=O)(O)OC1[C@H](O)[C@H](O)C(O)[C@H](O)[C@H]1O)OC(=O)CCCCCCCC/C=C\C/C=C\C/C=C\CCCCCC. The molecule has 0 aromatic carbocycles. The van der Waals surface area contributed by atoms with Gasteiger partial charge in [0.25, 0.3) is 0 Å². The number of aliphatic hydroxyl groups excluding tert-OH is 7. The Morgan fingerprint density at radius 1 is 0.530 bits per heavy atom. The number of esters is 2. The molecule has 0 radical (unpaired) electrons. The molecule has 8 N–H and O–H groups in total. The summed E-state index contributed by atoms with van der Waals surface area (Å²) < 4.78 is 33.5. The molecular formula is C50H89O15P. The quantitative estimate of drug-likeness (QED) is 0.0124. The second kappa shape index (κ2) is 39.6. The van der Waals surface area contributed by atoms with Gasteiger partial charge in [-0.05, 0) is 77.0 Å². The molecule has 0 bridgehead atoms. The average Bonchev–Trinajstić information content (AvgIpc) is 3.29. The minimum Gasteiger partial charge on any atom is -0.462 e. The topological polar surface area (TPSA) is 250 Å². The van der Waals surface area contributed by atoms with Gasteiger partial charge in [0.1, 0.15) is 43.2 Å².